The number of halogens is 1. The molecule has 1 N–H and O–H groups in total. The van der Waals surface area contributed by atoms with E-state index < -0.39 is 0 Å². The molecule has 0 amide bonds. The van der Waals surface area contributed by atoms with Crippen molar-refractivity contribution >= 4 is 11.6 Å². The smallest absolute Gasteiger partial charge is 0.0834 e. The van der Waals surface area contributed by atoms with Crippen LogP contribution >= 0.6 is 11.6 Å². The van der Waals surface area contributed by atoms with Crippen LogP contribution in [0.2, 0.25) is 5.02 Å². The summed E-state index contributed by atoms with van der Waals surface area (Å²) < 4.78 is 2.05. The number of rotatable bonds is 9. The molecule has 0 aliphatic heterocycles. The van der Waals surface area contributed by atoms with Crippen molar-refractivity contribution < 1.29 is 0 Å². The van der Waals surface area contributed by atoms with Gasteiger partial charge in [0.2, 0.25) is 0 Å². The first-order valence-corrected chi connectivity index (χ1v) is 7.92. The lowest BCUT2D eigenvalue weighted by atomic mass is 10.0. The first-order valence-electron chi connectivity index (χ1n) is 7.55. The Morgan fingerprint density at radius 3 is 2.65 bits per heavy atom. The third-order valence-corrected chi connectivity index (χ3v) is 3.56. The quantitative estimate of drug-likeness (QED) is 0.760. The molecule has 1 aromatic rings. The molecule has 4 nitrogen and oxygen atoms in total. The van der Waals surface area contributed by atoms with Crippen LogP contribution in [-0.4, -0.2) is 41.9 Å². The van der Waals surface area contributed by atoms with Crippen LogP contribution in [0, 0.1) is 5.92 Å². The minimum Gasteiger partial charge on any atom is -0.309 e. The van der Waals surface area contributed by atoms with E-state index in [9.17, 15) is 0 Å². The number of hydrogen-bond donors (Lipinski definition) is 1. The van der Waals surface area contributed by atoms with Gasteiger partial charge in [-0.1, -0.05) is 32.4 Å². The highest BCUT2D eigenvalue weighted by Crippen LogP contribution is 2.27. The molecular formula is C15H29ClN4. The molecule has 1 rings (SSSR count). The summed E-state index contributed by atoms with van der Waals surface area (Å²) in [5.74, 6) is 0.623. The Morgan fingerprint density at radius 2 is 2.10 bits per heavy atom. The molecule has 1 unspecified atom stereocenters. The highest BCUT2D eigenvalue weighted by atomic mass is 35.5. The minimum atomic E-state index is 0.284. The Hall–Kier alpha value is -0.580. The summed E-state index contributed by atoms with van der Waals surface area (Å²) in [6, 6.07) is 0.284. The number of hydrogen-bond acceptors (Lipinski definition) is 3. The fraction of sp³-hybridized carbons (Fsp3) is 0.800. The molecule has 0 aromatic carbocycles. The van der Waals surface area contributed by atoms with E-state index in [0.717, 1.165) is 43.2 Å². The Bertz CT molecular complexity index is 387. The van der Waals surface area contributed by atoms with Gasteiger partial charge in [-0.3, -0.25) is 4.68 Å². The van der Waals surface area contributed by atoms with E-state index in [0.29, 0.717) is 5.92 Å². The van der Waals surface area contributed by atoms with E-state index in [2.05, 4.69) is 54.9 Å². The van der Waals surface area contributed by atoms with Crippen LogP contribution in [0.25, 0.3) is 0 Å². The van der Waals surface area contributed by atoms with Gasteiger partial charge in [0.1, 0.15) is 0 Å². The molecule has 0 fully saturated rings. The van der Waals surface area contributed by atoms with Crippen LogP contribution in [0.4, 0.5) is 0 Å². The first kappa shape index (κ1) is 17.5. The van der Waals surface area contributed by atoms with Gasteiger partial charge < -0.3 is 10.2 Å². The molecule has 0 saturated heterocycles. The predicted molar refractivity (Wildman–Crippen MR) is 86.3 cm³/mol. The van der Waals surface area contributed by atoms with E-state index in [4.69, 9.17) is 11.6 Å². The monoisotopic (exact) mass is 300 g/mol. The zero-order valence-electron chi connectivity index (χ0n) is 13.5. The maximum absolute atomic E-state index is 6.38. The summed E-state index contributed by atoms with van der Waals surface area (Å²) in [6.45, 7) is 9.52. The molecule has 0 saturated carbocycles. The topological polar surface area (TPSA) is 33.1 Å². The van der Waals surface area contributed by atoms with Gasteiger partial charge in [0.05, 0.1) is 29.5 Å². The lowest BCUT2D eigenvalue weighted by Crippen LogP contribution is -2.28. The molecule has 0 aliphatic carbocycles. The minimum absolute atomic E-state index is 0.284. The van der Waals surface area contributed by atoms with Gasteiger partial charge in [-0.25, -0.2) is 0 Å². The third kappa shape index (κ3) is 5.43. The molecule has 0 aliphatic rings. The van der Waals surface area contributed by atoms with Crippen molar-refractivity contribution in [3.05, 3.63) is 16.9 Å². The van der Waals surface area contributed by atoms with Crippen molar-refractivity contribution in [2.24, 2.45) is 5.92 Å². The Labute approximate surface area is 128 Å². The van der Waals surface area contributed by atoms with Crippen LogP contribution in [0.15, 0.2) is 6.20 Å². The highest BCUT2D eigenvalue weighted by Gasteiger charge is 2.20. The maximum atomic E-state index is 6.38. The summed E-state index contributed by atoms with van der Waals surface area (Å²) in [5.41, 5.74) is 1.13. The number of nitrogens with zero attached hydrogens (tertiary/aromatic N) is 3. The van der Waals surface area contributed by atoms with E-state index in [1.54, 1.807) is 6.20 Å². The summed E-state index contributed by atoms with van der Waals surface area (Å²) in [7, 11) is 4.15. The van der Waals surface area contributed by atoms with Gasteiger partial charge in [-0.2, -0.15) is 5.10 Å². The largest absolute Gasteiger partial charge is 0.309 e. The number of likely N-dealkylation sites (N-methyl/N-ethyl adjacent to an activating group) is 1. The zero-order valence-corrected chi connectivity index (χ0v) is 14.2. The van der Waals surface area contributed by atoms with Gasteiger partial charge in [0, 0.05) is 6.54 Å². The second kappa shape index (κ2) is 8.65. The Balaban J connectivity index is 2.89. The van der Waals surface area contributed by atoms with Crippen molar-refractivity contribution in [3.63, 3.8) is 0 Å². The maximum Gasteiger partial charge on any atom is 0.0834 e. The molecule has 0 bridgehead atoms. The van der Waals surface area contributed by atoms with Gasteiger partial charge >= 0.3 is 0 Å². The average Bonchev–Trinajstić information content (AvgIpc) is 2.73. The second-order valence-electron chi connectivity index (χ2n) is 6.04. The second-order valence-corrected chi connectivity index (χ2v) is 6.45. The van der Waals surface area contributed by atoms with Crippen LogP contribution < -0.4 is 5.32 Å². The van der Waals surface area contributed by atoms with Crippen LogP contribution in [0.5, 0.6) is 0 Å². The lowest BCUT2D eigenvalue weighted by Gasteiger charge is -2.23. The van der Waals surface area contributed by atoms with E-state index in [1.165, 1.54) is 0 Å². The number of nitrogens with one attached hydrogen (secondary N) is 1. The van der Waals surface area contributed by atoms with Crippen molar-refractivity contribution in [1.29, 1.82) is 0 Å². The molecule has 1 aromatic heterocycles. The Morgan fingerprint density at radius 1 is 1.40 bits per heavy atom. The van der Waals surface area contributed by atoms with Crippen molar-refractivity contribution in [2.45, 2.75) is 46.2 Å². The average molecular weight is 301 g/mol. The molecule has 1 heterocycles. The number of aromatic nitrogens is 2. The van der Waals surface area contributed by atoms with Gasteiger partial charge in [-0.15, -0.1) is 0 Å². The summed E-state index contributed by atoms with van der Waals surface area (Å²) in [5, 5.41) is 8.83. The van der Waals surface area contributed by atoms with E-state index in [1.807, 2.05) is 0 Å². The van der Waals surface area contributed by atoms with Crippen LogP contribution in [-0.2, 0) is 6.54 Å². The van der Waals surface area contributed by atoms with E-state index >= 15 is 0 Å². The third-order valence-electron chi connectivity index (χ3n) is 3.27. The molecule has 20 heavy (non-hydrogen) atoms. The van der Waals surface area contributed by atoms with Gasteiger partial charge in [0.25, 0.3) is 0 Å². The summed E-state index contributed by atoms with van der Waals surface area (Å²) in [4.78, 5) is 2.16. The zero-order chi connectivity index (χ0) is 15.1. The molecule has 1 atom stereocenters. The summed E-state index contributed by atoms with van der Waals surface area (Å²) in [6.07, 6.45) is 3.97. The standard InChI is InChI=1S/C15H29ClN4/c1-6-7-17-14(10-12(2)3)15-13(16)11-18-20(15)9-8-19(4)5/h11-12,14,17H,6-10H2,1-5H3. The fourth-order valence-corrected chi connectivity index (χ4v) is 2.55. The predicted octanol–water partition coefficient (Wildman–Crippen LogP) is 3.18. The van der Waals surface area contributed by atoms with Crippen molar-refractivity contribution in [2.75, 3.05) is 27.2 Å². The molecule has 116 valence electrons. The van der Waals surface area contributed by atoms with E-state index in [-0.39, 0.29) is 6.04 Å². The normalized spacial score (nSPS) is 13.4. The molecular weight excluding hydrogens is 272 g/mol. The molecule has 0 spiro atoms. The highest BCUT2D eigenvalue weighted by molar-refractivity contribution is 6.31. The molecule has 0 radical (unpaired) electrons. The lowest BCUT2D eigenvalue weighted by molar-refractivity contribution is 0.352. The van der Waals surface area contributed by atoms with Gasteiger partial charge in [-0.05, 0) is 39.4 Å². The molecule has 5 heteroatoms. The SMILES string of the molecule is CCCNC(CC(C)C)c1c(Cl)cnn1CCN(C)C. The Kier molecular flexibility index (Phi) is 7.56. The van der Waals surface area contributed by atoms with Crippen LogP contribution in [0.1, 0.15) is 45.3 Å². The van der Waals surface area contributed by atoms with Crippen LogP contribution in [0.3, 0.4) is 0 Å². The first-order chi connectivity index (χ1) is 9.45. The van der Waals surface area contributed by atoms with Gasteiger partial charge in [0.15, 0.2) is 0 Å². The van der Waals surface area contributed by atoms with Crippen molar-refractivity contribution in [3.8, 4) is 0 Å². The summed E-state index contributed by atoms with van der Waals surface area (Å²) >= 11 is 6.38. The van der Waals surface area contributed by atoms with Crippen molar-refractivity contribution in [1.82, 2.24) is 20.0 Å². The fourth-order valence-electron chi connectivity index (χ4n) is 2.27.